The topological polar surface area (TPSA) is 50.5 Å². The Labute approximate surface area is 169 Å². The minimum atomic E-state index is -0.370. The maximum atomic E-state index is 13.2. The van der Waals surface area contributed by atoms with Crippen molar-refractivity contribution in [3.63, 3.8) is 0 Å². The second kappa shape index (κ2) is 7.82. The van der Waals surface area contributed by atoms with Crippen molar-refractivity contribution >= 4 is 16.9 Å². The quantitative estimate of drug-likeness (QED) is 0.596. The van der Waals surface area contributed by atoms with Gasteiger partial charge in [-0.05, 0) is 68.0 Å². The predicted molar refractivity (Wildman–Crippen MR) is 110 cm³/mol. The van der Waals surface area contributed by atoms with Gasteiger partial charge in [-0.3, -0.25) is 4.79 Å². The van der Waals surface area contributed by atoms with E-state index in [-0.39, 0.29) is 29.8 Å². The van der Waals surface area contributed by atoms with Crippen LogP contribution in [0.15, 0.2) is 51.7 Å². The number of aryl methyl sites for hydroxylation is 2. The molecule has 1 aliphatic rings. The molecule has 29 heavy (non-hydrogen) atoms. The zero-order valence-corrected chi connectivity index (χ0v) is 16.7. The third-order valence-corrected chi connectivity index (χ3v) is 5.86. The standard InChI is InChI=1S/C24H24FNO3/c1-15-5-10-19-16(2)20(24(28)29-22(19)14-15)11-12-23(27)26-13-3-4-21(26)17-6-8-18(25)9-7-17/h5-10,14,21H,3-4,11-13H2,1-2H3/t21-/m1/s1. The Morgan fingerprint density at radius 2 is 1.93 bits per heavy atom. The first-order valence-electron chi connectivity index (χ1n) is 10.0. The summed E-state index contributed by atoms with van der Waals surface area (Å²) in [5.74, 6) is -0.266. The molecule has 1 fully saturated rings. The molecule has 1 aliphatic heterocycles. The van der Waals surface area contributed by atoms with Gasteiger partial charge in [0.05, 0.1) is 6.04 Å². The Bertz CT molecular complexity index is 1120. The minimum Gasteiger partial charge on any atom is -0.423 e. The highest BCUT2D eigenvalue weighted by atomic mass is 19.1. The smallest absolute Gasteiger partial charge is 0.339 e. The molecule has 5 heteroatoms. The summed E-state index contributed by atoms with van der Waals surface area (Å²) >= 11 is 0. The fourth-order valence-electron chi connectivity index (χ4n) is 4.26. The van der Waals surface area contributed by atoms with E-state index in [9.17, 15) is 14.0 Å². The highest BCUT2D eigenvalue weighted by molar-refractivity contribution is 5.82. The van der Waals surface area contributed by atoms with Crippen LogP contribution in [0.5, 0.6) is 0 Å². The van der Waals surface area contributed by atoms with Gasteiger partial charge in [0, 0.05) is 23.9 Å². The number of amides is 1. The number of carbonyl (C=O) groups excluding carboxylic acids is 1. The zero-order chi connectivity index (χ0) is 20.5. The molecular formula is C24H24FNO3. The van der Waals surface area contributed by atoms with Gasteiger partial charge in [-0.1, -0.05) is 24.3 Å². The number of benzene rings is 2. The minimum absolute atomic E-state index is 0.0135. The Kier molecular flexibility index (Phi) is 5.22. The van der Waals surface area contributed by atoms with Crippen LogP contribution >= 0.6 is 0 Å². The number of nitrogens with zero attached hydrogens (tertiary/aromatic N) is 1. The monoisotopic (exact) mass is 393 g/mol. The molecule has 4 nitrogen and oxygen atoms in total. The first-order chi connectivity index (χ1) is 13.9. The van der Waals surface area contributed by atoms with Crippen LogP contribution in [0.4, 0.5) is 4.39 Å². The number of hydrogen-bond donors (Lipinski definition) is 0. The lowest BCUT2D eigenvalue weighted by Crippen LogP contribution is -2.31. The summed E-state index contributed by atoms with van der Waals surface area (Å²) in [6, 6.07) is 12.1. The van der Waals surface area contributed by atoms with Gasteiger partial charge in [-0.25, -0.2) is 9.18 Å². The zero-order valence-electron chi connectivity index (χ0n) is 16.7. The molecule has 1 aromatic heterocycles. The van der Waals surface area contributed by atoms with Crippen LogP contribution in [0.2, 0.25) is 0 Å². The van der Waals surface area contributed by atoms with E-state index in [0.29, 0.717) is 24.1 Å². The highest BCUT2D eigenvalue weighted by Gasteiger charge is 2.29. The van der Waals surface area contributed by atoms with E-state index >= 15 is 0 Å². The van der Waals surface area contributed by atoms with Crippen LogP contribution in [0.1, 0.15) is 47.6 Å². The first-order valence-corrected chi connectivity index (χ1v) is 10.0. The maximum absolute atomic E-state index is 13.2. The van der Waals surface area contributed by atoms with E-state index in [2.05, 4.69) is 0 Å². The van der Waals surface area contributed by atoms with Crippen LogP contribution in [-0.4, -0.2) is 17.4 Å². The molecule has 0 unspecified atom stereocenters. The first kappa shape index (κ1) is 19.4. The average Bonchev–Trinajstić information content (AvgIpc) is 3.18. The molecule has 0 aliphatic carbocycles. The second-order valence-electron chi connectivity index (χ2n) is 7.79. The van der Waals surface area contributed by atoms with Crippen molar-refractivity contribution in [3.05, 3.63) is 81.0 Å². The number of halogens is 1. The normalized spacial score (nSPS) is 16.5. The van der Waals surface area contributed by atoms with Gasteiger partial charge < -0.3 is 9.32 Å². The van der Waals surface area contributed by atoms with Crippen molar-refractivity contribution in [3.8, 4) is 0 Å². The van der Waals surface area contributed by atoms with Crippen LogP contribution in [0, 0.1) is 19.7 Å². The van der Waals surface area contributed by atoms with E-state index < -0.39 is 0 Å². The molecule has 1 amide bonds. The molecular weight excluding hydrogens is 369 g/mol. The molecule has 0 radical (unpaired) electrons. The van der Waals surface area contributed by atoms with E-state index in [1.54, 1.807) is 12.1 Å². The van der Waals surface area contributed by atoms with Crippen molar-refractivity contribution in [2.75, 3.05) is 6.54 Å². The van der Waals surface area contributed by atoms with Crippen LogP contribution in [0.25, 0.3) is 11.0 Å². The SMILES string of the molecule is Cc1ccc2c(C)c(CCC(=O)N3CCC[C@@H]3c3ccc(F)cc3)c(=O)oc2c1. The number of fused-ring (bicyclic) bond motifs is 1. The molecule has 0 saturated carbocycles. The summed E-state index contributed by atoms with van der Waals surface area (Å²) in [5, 5.41) is 0.906. The summed E-state index contributed by atoms with van der Waals surface area (Å²) in [4.78, 5) is 27.3. The molecule has 0 spiro atoms. The summed E-state index contributed by atoms with van der Waals surface area (Å²) in [6.45, 7) is 4.55. The molecule has 1 saturated heterocycles. The van der Waals surface area contributed by atoms with Gasteiger partial charge in [0.15, 0.2) is 0 Å². The lowest BCUT2D eigenvalue weighted by molar-refractivity contribution is -0.132. The summed E-state index contributed by atoms with van der Waals surface area (Å²) in [7, 11) is 0. The Balaban J connectivity index is 1.53. The Hall–Kier alpha value is -2.95. The van der Waals surface area contributed by atoms with E-state index in [1.807, 2.05) is 36.9 Å². The van der Waals surface area contributed by atoms with Gasteiger partial charge in [0.1, 0.15) is 11.4 Å². The molecule has 0 bridgehead atoms. The largest absolute Gasteiger partial charge is 0.423 e. The molecule has 2 heterocycles. The highest BCUT2D eigenvalue weighted by Crippen LogP contribution is 2.32. The number of hydrogen-bond acceptors (Lipinski definition) is 3. The third-order valence-electron chi connectivity index (χ3n) is 5.86. The van der Waals surface area contributed by atoms with Crippen LogP contribution in [0.3, 0.4) is 0 Å². The van der Waals surface area contributed by atoms with E-state index in [0.717, 1.165) is 34.9 Å². The van der Waals surface area contributed by atoms with Gasteiger partial charge >= 0.3 is 5.63 Å². The van der Waals surface area contributed by atoms with Gasteiger partial charge in [0.2, 0.25) is 5.91 Å². The van der Waals surface area contributed by atoms with Gasteiger partial charge in [-0.15, -0.1) is 0 Å². The average molecular weight is 393 g/mol. The van der Waals surface area contributed by atoms with Gasteiger partial charge in [-0.2, -0.15) is 0 Å². The number of likely N-dealkylation sites (tertiary alicyclic amines) is 1. The van der Waals surface area contributed by atoms with E-state index in [4.69, 9.17) is 4.42 Å². The number of carbonyl (C=O) groups is 1. The molecule has 1 atom stereocenters. The van der Waals surface area contributed by atoms with E-state index in [1.165, 1.54) is 12.1 Å². The van der Waals surface area contributed by atoms with Crippen molar-refractivity contribution in [2.45, 2.75) is 45.6 Å². The van der Waals surface area contributed by atoms with Crippen molar-refractivity contribution in [1.29, 1.82) is 0 Å². The predicted octanol–water partition coefficient (Wildman–Crippen LogP) is 4.85. The fraction of sp³-hybridized carbons (Fsp3) is 0.333. The summed E-state index contributed by atoms with van der Waals surface area (Å²) in [5.41, 5.74) is 3.63. The lowest BCUT2D eigenvalue weighted by atomic mass is 10.0. The molecule has 4 rings (SSSR count). The second-order valence-corrected chi connectivity index (χ2v) is 7.79. The third kappa shape index (κ3) is 3.82. The maximum Gasteiger partial charge on any atom is 0.339 e. The molecule has 150 valence electrons. The van der Waals surface area contributed by atoms with Crippen molar-refractivity contribution < 1.29 is 13.6 Å². The molecule has 2 aromatic carbocycles. The summed E-state index contributed by atoms with van der Waals surface area (Å²) in [6.07, 6.45) is 2.39. The van der Waals surface area contributed by atoms with Crippen molar-refractivity contribution in [1.82, 2.24) is 4.90 Å². The number of rotatable bonds is 4. The molecule has 0 N–H and O–H groups in total. The fourth-order valence-corrected chi connectivity index (χ4v) is 4.26. The van der Waals surface area contributed by atoms with Gasteiger partial charge in [0.25, 0.3) is 0 Å². The Morgan fingerprint density at radius 1 is 1.17 bits per heavy atom. The van der Waals surface area contributed by atoms with Crippen LogP contribution < -0.4 is 5.63 Å². The Morgan fingerprint density at radius 3 is 2.69 bits per heavy atom. The molecule has 3 aromatic rings. The van der Waals surface area contributed by atoms with Crippen molar-refractivity contribution in [2.24, 2.45) is 0 Å². The van der Waals surface area contributed by atoms with Crippen LogP contribution in [-0.2, 0) is 11.2 Å². The summed E-state index contributed by atoms with van der Waals surface area (Å²) < 4.78 is 18.7. The lowest BCUT2D eigenvalue weighted by Gasteiger charge is -2.25.